The summed E-state index contributed by atoms with van der Waals surface area (Å²) in [6, 6.07) is 0.810. The van der Waals surface area contributed by atoms with E-state index < -0.39 is 0 Å². The Morgan fingerprint density at radius 2 is 1.95 bits per heavy atom. The second-order valence-electron chi connectivity index (χ2n) is 6.43. The third-order valence-corrected chi connectivity index (χ3v) is 5.28. The lowest BCUT2D eigenvalue weighted by atomic mass is 9.90. The van der Waals surface area contributed by atoms with Crippen LogP contribution in [0.25, 0.3) is 0 Å². The van der Waals surface area contributed by atoms with Crippen LogP contribution in [0, 0.1) is 0 Å². The molecule has 3 heterocycles. The molecule has 0 aromatic heterocycles. The fourth-order valence-electron chi connectivity index (χ4n) is 3.99. The molecule has 1 N–H and O–H groups in total. The van der Waals surface area contributed by atoms with Crippen LogP contribution in [0.3, 0.4) is 0 Å². The van der Waals surface area contributed by atoms with Crippen molar-refractivity contribution in [2.24, 2.45) is 0 Å². The predicted octanol–water partition coefficient (Wildman–Crippen LogP) is 1.77. The Hall–Kier alpha value is 0.420. The number of halogens is 2. The van der Waals surface area contributed by atoms with E-state index in [1.165, 1.54) is 58.4 Å². The molecule has 0 amide bonds. The first-order chi connectivity index (χ1) is 9.31. The van der Waals surface area contributed by atoms with Crippen molar-refractivity contribution in [1.29, 1.82) is 0 Å². The summed E-state index contributed by atoms with van der Waals surface area (Å²) in [5.41, 5.74) is 0.162. The van der Waals surface area contributed by atoms with Crippen LogP contribution in [0.5, 0.6) is 0 Å². The summed E-state index contributed by atoms with van der Waals surface area (Å²) < 4.78 is 6.07. The molecule has 1 spiro atoms. The molecule has 3 saturated heterocycles. The molecule has 126 valence electrons. The van der Waals surface area contributed by atoms with Crippen LogP contribution in [0.2, 0.25) is 0 Å². The highest BCUT2D eigenvalue weighted by molar-refractivity contribution is 5.85. The van der Waals surface area contributed by atoms with Crippen LogP contribution in [0.15, 0.2) is 0 Å². The van der Waals surface area contributed by atoms with Gasteiger partial charge in [-0.15, -0.1) is 24.8 Å². The van der Waals surface area contributed by atoms with Crippen LogP contribution in [0.1, 0.15) is 32.6 Å². The van der Waals surface area contributed by atoms with E-state index in [-0.39, 0.29) is 30.4 Å². The number of hydrogen-bond acceptors (Lipinski definition) is 4. The molecule has 1 unspecified atom stereocenters. The summed E-state index contributed by atoms with van der Waals surface area (Å²) in [6.07, 6.45) is 5.20. The molecule has 3 fully saturated rings. The van der Waals surface area contributed by atoms with Gasteiger partial charge < -0.3 is 15.0 Å². The van der Waals surface area contributed by atoms with E-state index in [9.17, 15) is 0 Å². The Balaban J connectivity index is 0.00000110. The topological polar surface area (TPSA) is 27.7 Å². The zero-order valence-electron chi connectivity index (χ0n) is 13.2. The predicted molar refractivity (Wildman–Crippen MR) is 92.0 cm³/mol. The van der Waals surface area contributed by atoms with Gasteiger partial charge in [0, 0.05) is 38.8 Å². The molecule has 0 radical (unpaired) electrons. The summed E-state index contributed by atoms with van der Waals surface area (Å²) in [5.74, 6) is 0. The quantitative estimate of drug-likeness (QED) is 0.848. The minimum absolute atomic E-state index is 0. The highest BCUT2D eigenvalue weighted by Crippen LogP contribution is 2.28. The summed E-state index contributed by atoms with van der Waals surface area (Å²) in [4.78, 5) is 5.32. The number of piperidine rings is 1. The van der Waals surface area contributed by atoms with Crippen molar-refractivity contribution in [3.8, 4) is 0 Å². The monoisotopic (exact) mass is 339 g/mol. The van der Waals surface area contributed by atoms with Crippen LogP contribution in [0.4, 0.5) is 0 Å². The van der Waals surface area contributed by atoms with E-state index in [0.717, 1.165) is 25.7 Å². The number of nitrogens with zero attached hydrogens (tertiary/aromatic N) is 2. The van der Waals surface area contributed by atoms with E-state index in [0.29, 0.717) is 0 Å². The van der Waals surface area contributed by atoms with Gasteiger partial charge in [-0.25, -0.2) is 0 Å². The van der Waals surface area contributed by atoms with Gasteiger partial charge in [-0.3, -0.25) is 4.90 Å². The number of hydrogen-bond donors (Lipinski definition) is 1. The third-order valence-electron chi connectivity index (χ3n) is 5.28. The summed E-state index contributed by atoms with van der Waals surface area (Å²) >= 11 is 0. The molecule has 6 heteroatoms. The molecule has 3 aliphatic rings. The van der Waals surface area contributed by atoms with Crippen molar-refractivity contribution in [2.45, 2.75) is 44.2 Å². The van der Waals surface area contributed by atoms with Crippen molar-refractivity contribution < 1.29 is 4.74 Å². The smallest absolute Gasteiger partial charge is 0.0831 e. The molecule has 3 rings (SSSR count). The average molecular weight is 340 g/mol. The fourth-order valence-corrected chi connectivity index (χ4v) is 3.99. The standard InChI is InChI=1S/C15H29N3O.2ClH/c1-2-18-8-3-4-14(18)12-17-9-5-15(6-10-17)13-16-7-11-19-15;;/h14,16H,2-13H2,1H3;2*1H. The second-order valence-corrected chi connectivity index (χ2v) is 6.43. The molecule has 0 bridgehead atoms. The zero-order chi connectivity index (χ0) is 13.1. The van der Waals surface area contributed by atoms with E-state index in [2.05, 4.69) is 22.0 Å². The fraction of sp³-hybridized carbons (Fsp3) is 1.00. The lowest BCUT2D eigenvalue weighted by Crippen LogP contribution is -2.56. The van der Waals surface area contributed by atoms with E-state index in [1.807, 2.05) is 0 Å². The highest BCUT2D eigenvalue weighted by Gasteiger charge is 2.37. The van der Waals surface area contributed by atoms with Crippen LogP contribution < -0.4 is 5.32 Å². The van der Waals surface area contributed by atoms with Crippen molar-refractivity contribution >= 4 is 24.8 Å². The number of likely N-dealkylation sites (tertiary alicyclic amines) is 2. The molecule has 0 saturated carbocycles. The van der Waals surface area contributed by atoms with E-state index in [1.54, 1.807) is 0 Å². The minimum atomic E-state index is 0. The van der Waals surface area contributed by atoms with Crippen LogP contribution in [-0.2, 0) is 4.74 Å². The van der Waals surface area contributed by atoms with Gasteiger partial charge in [-0.2, -0.15) is 0 Å². The first kappa shape index (κ1) is 19.5. The lowest BCUT2D eigenvalue weighted by Gasteiger charge is -2.45. The summed E-state index contributed by atoms with van der Waals surface area (Å²) in [7, 11) is 0. The van der Waals surface area contributed by atoms with Crippen molar-refractivity contribution in [2.75, 3.05) is 52.4 Å². The maximum Gasteiger partial charge on any atom is 0.0831 e. The van der Waals surface area contributed by atoms with E-state index in [4.69, 9.17) is 4.74 Å². The Labute approximate surface area is 141 Å². The Morgan fingerprint density at radius 1 is 1.19 bits per heavy atom. The molecular formula is C15H31Cl2N3O. The largest absolute Gasteiger partial charge is 0.372 e. The Kier molecular flexibility index (Phi) is 8.25. The maximum absolute atomic E-state index is 6.07. The number of rotatable bonds is 3. The number of ether oxygens (including phenoxy) is 1. The van der Waals surface area contributed by atoms with Crippen LogP contribution >= 0.6 is 24.8 Å². The molecule has 0 aliphatic carbocycles. The van der Waals surface area contributed by atoms with Crippen LogP contribution in [-0.4, -0.2) is 73.9 Å². The molecule has 0 aromatic rings. The Morgan fingerprint density at radius 3 is 2.57 bits per heavy atom. The molecule has 4 nitrogen and oxygen atoms in total. The van der Waals surface area contributed by atoms with E-state index >= 15 is 0 Å². The lowest BCUT2D eigenvalue weighted by molar-refractivity contribution is -0.101. The first-order valence-electron chi connectivity index (χ1n) is 8.12. The molecule has 3 aliphatic heterocycles. The number of likely N-dealkylation sites (N-methyl/N-ethyl adjacent to an activating group) is 1. The summed E-state index contributed by atoms with van der Waals surface area (Å²) in [5, 5.41) is 3.50. The van der Waals surface area contributed by atoms with Gasteiger partial charge >= 0.3 is 0 Å². The van der Waals surface area contributed by atoms with Gasteiger partial charge in [0.2, 0.25) is 0 Å². The van der Waals surface area contributed by atoms with Crippen molar-refractivity contribution in [1.82, 2.24) is 15.1 Å². The van der Waals surface area contributed by atoms with Gasteiger partial charge in [-0.05, 0) is 38.8 Å². The molecule has 0 aromatic carbocycles. The van der Waals surface area contributed by atoms with Gasteiger partial charge in [0.25, 0.3) is 0 Å². The van der Waals surface area contributed by atoms with Crippen molar-refractivity contribution in [3.05, 3.63) is 0 Å². The van der Waals surface area contributed by atoms with Crippen molar-refractivity contribution in [3.63, 3.8) is 0 Å². The summed E-state index contributed by atoms with van der Waals surface area (Å²) in [6.45, 7) is 11.5. The zero-order valence-corrected chi connectivity index (χ0v) is 14.8. The molecule has 21 heavy (non-hydrogen) atoms. The third kappa shape index (κ3) is 4.69. The van der Waals surface area contributed by atoms with Gasteiger partial charge in [0.05, 0.1) is 12.2 Å². The van der Waals surface area contributed by atoms with Gasteiger partial charge in [-0.1, -0.05) is 6.92 Å². The second kappa shape index (κ2) is 8.90. The maximum atomic E-state index is 6.07. The number of nitrogens with one attached hydrogen (secondary N) is 1. The first-order valence-corrected chi connectivity index (χ1v) is 8.12. The highest BCUT2D eigenvalue weighted by atomic mass is 35.5. The van der Waals surface area contributed by atoms with Gasteiger partial charge in [0.15, 0.2) is 0 Å². The molecular weight excluding hydrogens is 309 g/mol. The number of morpholine rings is 1. The Bertz CT molecular complexity index is 291. The SMILES string of the molecule is CCN1CCCC1CN1CCC2(CC1)CNCCO2.Cl.Cl. The van der Waals surface area contributed by atoms with Gasteiger partial charge in [0.1, 0.15) is 0 Å². The average Bonchev–Trinajstić information content (AvgIpc) is 2.90. The normalized spacial score (nSPS) is 29.9. The molecule has 1 atom stereocenters. The minimum Gasteiger partial charge on any atom is -0.372 e.